The maximum atomic E-state index is 12.6. The topological polar surface area (TPSA) is 484 Å². The van der Waals surface area contributed by atoms with Crippen LogP contribution in [0.5, 0.6) is 57.5 Å². The SMILES string of the molecule is CC(C)(C)CC(C)(C)c1cc(C=O)c(O)c(CO)c1.CCC(C)c1cc(C=O)c(O)c(CO)c1.CCc1cc(C=O)c(O)c(CO)c1.Cc1cc(C(C)(C)c2ccc(C(C)(C)c3cc(C)c(O)c(CO)c3)cc2)cc(C=O)c1O.Cc1cc(C=O)c(O)c(Cc2cc(C)cc(Cc3cc(C)cc(CO)c3O)c2O)c1.O=Cc1cc(CO)cc(CO)c1O.O=Cc1cc(F)cc(CO)c1O. The van der Waals surface area contributed by atoms with Crippen molar-refractivity contribution < 1.29 is 130 Å². The Morgan fingerprint density at radius 1 is 0.291 bits per heavy atom. The number of aliphatic hydroxyl groups is 8. The van der Waals surface area contributed by atoms with Crippen LogP contribution in [0.4, 0.5) is 4.39 Å². The number of aliphatic hydroxyl groups excluding tert-OH is 8. The summed E-state index contributed by atoms with van der Waals surface area (Å²) >= 11 is 0. The molecule has 26 heteroatoms. The minimum Gasteiger partial charge on any atom is -0.507 e. The molecule has 0 heterocycles. The molecular weight excluding hydrogens is 1720 g/mol. The summed E-state index contributed by atoms with van der Waals surface area (Å²) in [5, 5.41) is 172. The number of phenols is 10. The molecule has 0 amide bonds. The van der Waals surface area contributed by atoms with E-state index in [0.29, 0.717) is 123 Å². The fourth-order valence-corrected chi connectivity index (χ4v) is 15.5. The molecule has 0 aromatic heterocycles. The first-order valence-corrected chi connectivity index (χ1v) is 43.2. The number of rotatable bonds is 28. The number of aromatic hydroxyl groups is 10. The molecule has 0 aliphatic heterocycles. The molecule has 0 saturated heterocycles. The van der Waals surface area contributed by atoms with Crippen LogP contribution in [0.15, 0.2) is 146 Å². The Kier molecular flexibility index (Phi) is 41.5. The summed E-state index contributed by atoms with van der Waals surface area (Å²) < 4.78 is 12.6. The number of carbonyl (C=O) groups excluding carboxylic acids is 7. The Bertz CT molecular complexity index is 5890. The van der Waals surface area contributed by atoms with E-state index in [4.69, 9.17) is 30.6 Å². The summed E-state index contributed by atoms with van der Waals surface area (Å²) in [6, 6.07) is 41.5. The van der Waals surface area contributed by atoms with E-state index in [1.165, 1.54) is 12.1 Å². The highest BCUT2D eigenvalue weighted by molar-refractivity contribution is 5.84. The van der Waals surface area contributed by atoms with Crippen molar-refractivity contribution in [3.05, 3.63) is 324 Å². The molecule has 0 spiro atoms. The van der Waals surface area contributed by atoms with Gasteiger partial charge in [0.05, 0.1) is 91.8 Å². The molecule has 0 aliphatic rings. The summed E-state index contributed by atoms with van der Waals surface area (Å²) in [6.07, 6.45) is 7.16. The van der Waals surface area contributed by atoms with Crippen LogP contribution >= 0.6 is 0 Å². The Labute approximate surface area is 781 Å². The number of hydrogen-bond acceptors (Lipinski definition) is 25. The van der Waals surface area contributed by atoms with Gasteiger partial charge in [-0.1, -0.05) is 161 Å². The molecular formula is C108H127FO25. The largest absolute Gasteiger partial charge is 0.507 e. The number of halogens is 1. The van der Waals surface area contributed by atoms with Gasteiger partial charge < -0.3 is 91.9 Å². The van der Waals surface area contributed by atoms with Gasteiger partial charge in [0.25, 0.3) is 0 Å². The van der Waals surface area contributed by atoms with Crippen LogP contribution in [0.3, 0.4) is 0 Å². The molecule has 0 radical (unpaired) electrons. The van der Waals surface area contributed by atoms with Crippen LogP contribution in [0.2, 0.25) is 0 Å². The summed E-state index contributed by atoms with van der Waals surface area (Å²) in [6.45, 7) is 32.2. The Morgan fingerprint density at radius 2 is 0.582 bits per heavy atom. The first-order valence-electron chi connectivity index (χ1n) is 43.2. The highest BCUT2D eigenvalue weighted by atomic mass is 19.1. The van der Waals surface area contributed by atoms with Crippen molar-refractivity contribution in [2.24, 2.45) is 5.41 Å². The predicted octanol–water partition coefficient (Wildman–Crippen LogP) is 17.8. The van der Waals surface area contributed by atoms with Crippen molar-refractivity contribution in [2.75, 3.05) is 0 Å². The molecule has 0 aliphatic carbocycles. The lowest BCUT2D eigenvalue weighted by Crippen LogP contribution is -2.25. The third-order valence-electron chi connectivity index (χ3n) is 23.2. The van der Waals surface area contributed by atoms with Crippen molar-refractivity contribution in [1.82, 2.24) is 0 Å². The van der Waals surface area contributed by atoms with Crippen molar-refractivity contribution in [2.45, 2.75) is 225 Å². The lowest BCUT2D eigenvalue weighted by Gasteiger charge is -2.33. The highest BCUT2D eigenvalue weighted by Crippen LogP contribution is 2.43. The van der Waals surface area contributed by atoms with Crippen LogP contribution in [0.25, 0.3) is 0 Å². The van der Waals surface area contributed by atoms with Gasteiger partial charge in [-0.05, 0) is 233 Å². The fraction of sp³-hybridized carbons (Fsp3) is 0.324. The minimum absolute atomic E-state index is 0.0112. The van der Waals surface area contributed by atoms with Crippen LogP contribution in [0.1, 0.15) is 308 Å². The molecule has 0 saturated carbocycles. The van der Waals surface area contributed by atoms with Crippen LogP contribution in [0, 0.1) is 45.9 Å². The van der Waals surface area contributed by atoms with Gasteiger partial charge in [-0.15, -0.1) is 0 Å². The van der Waals surface area contributed by atoms with Crippen LogP contribution in [-0.2, 0) is 88.4 Å². The molecule has 11 aromatic carbocycles. The Hall–Kier alpha value is -13.3. The number of aldehydes is 7. The summed E-state index contributed by atoms with van der Waals surface area (Å²) in [4.78, 5) is 75.5. The second kappa shape index (κ2) is 50.0. The first kappa shape index (κ1) is 111. The first-order chi connectivity index (χ1) is 63.0. The molecule has 25 nitrogen and oxygen atoms in total. The number of aryl methyl sites for hydroxylation is 6. The average molecular weight is 1840 g/mol. The monoisotopic (exact) mass is 1840 g/mol. The van der Waals surface area contributed by atoms with E-state index in [1.807, 2.05) is 77.9 Å². The maximum absolute atomic E-state index is 12.6. The van der Waals surface area contributed by atoms with Gasteiger partial charge in [0.1, 0.15) is 63.3 Å². The number of benzene rings is 11. The normalized spacial score (nSPS) is 11.3. The minimum atomic E-state index is -0.654. The average Bonchev–Trinajstić information content (AvgIpc) is 0.758. The lowest BCUT2D eigenvalue weighted by molar-refractivity contribution is 0.111. The second-order valence-electron chi connectivity index (χ2n) is 35.9. The van der Waals surface area contributed by atoms with Gasteiger partial charge in [-0.3, -0.25) is 33.6 Å². The molecule has 11 rings (SSSR count). The molecule has 18 N–H and O–H groups in total. The zero-order valence-corrected chi connectivity index (χ0v) is 79.0. The van der Waals surface area contributed by atoms with Crippen molar-refractivity contribution in [3.8, 4) is 57.5 Å². The Balaban J connectivity index is 0.000000286. The zero-order valence-electron chi connectivity index (χ0n) is 79.0. The molecule has 0 bridgehead atoms. The van der Waals surface area contributed by atoms with Gasteiger partial charge >= 0.3 is 0 Å². The predicted molar refractivity (Wildman–Crippen MR) is 511 cm³/mol. The van der Waals surface area contributed by atoms with Crippen molar-refractivity contribution >= 4 is 44.0 Å². The lowest BCUT2D eigenvalue weighted by atomic mass is 9.72. The van der Waals surface area contributed by atoms with E-state index in [2.05, 4.69) is 93.5 Å². The van der Waals surface area contributed by atoms with Gasteiger partial charge in [-0.25, -0.2) is 4.39 Å². The fourth-order valence-electron chi connectivity index (χ4n) is 15.5. The Morgan fingerprint density at radius 3 is 0.985 bits per heavy atom. The van der Waals surface area contributed by atoms with E-state index in [-0.39, 0.29) is 176 Å². The van der Waals surface area contributed by atoms with Gasteiger partial charge in [-0.2, -0.15) is 0 Å². The molecule has 11 aromatic rings. The smallest absolute Gasteiger partial charge is 0.153 e. The van der Waals surface area contributed by atoms with Gasteiger partial charge in [0.15, 0.2) is 44.0 Å². The molecule has 1 unspecified atom stereocenters. The molecule has 0 fully saturated rings. The van der Waals surface area contributed by atoms with Crippen molar-refractivity contribution in [1.29, 1.82) is 0 Å². The summed E-state index contributed by atoms with van der Waals surface area (Å²) in [5.74, 6) is -1.08. The molecule has 1 atom stereocenters. The quantitative estimate of drug-likeness (QED) is 0.0203. The summed E-state index contributed by atoms with van der Waals surface area (Å²) in [5.41, 5.74) is 17.0. The van der Waals surface area contributed by atoms with Crippen LogP contribution < -0.4 is 0 Å². The molecule has 134 heavy (non-hydrogen) atoms. The van der Waals surface area contributed by atoms with E-state index in [9.17, 15) is 99.2 Å². The van der Waals surface area contributed by atoms with Crippen molar-refractivity contribution in [3.63, 3.8) is 0 Å². The third-order valence-corrected chi connectivity index (χ3v) is 23.2. The van der Waals surface area contributed by atoms with Gasteiger partial charge in [0, 0.05) is 62.6 Å². The number of hydrogen-bond donors (Lipinski definition) is 18. The maximum Gasteiger partial charge on any atom is 0.153 e. The third kappa shape index (κ3) is 28.9. The van der Waals surface area contributed by atoms with Gasteiger partial charge in [0.2, 0.25) is 0 Å². The summed E-state index contributed by atoms with van der Waals surface area (Å²) in [7, 11) is 0. The second-order valence-corrected chi connectivity index (χ2v) is 35.9. The number of carbonyl (C=O) groups is 7. The molecule has 716 valence electrons. The van der Waals surface area contributed by atoms with E-state index in [0.717, 1.165) is 92.6 Å². The van der Waals surface area contributed by atoms with Crippen LogP contribution in [-0.4, -0.2) is 136 Å². The van der Waals surface area contributed by atoms with E-state index >= 15 is 0 Å². The number of phenolic OH excluding ortho intramolecular Hbond substituents is 3. The van der Waals surface area contributed by atoms with E-state index in [1.54, 1.807) is 67.6 Å². The van der Waals surface area contributed by atoms with E-state index < -0.39 is 12.4 Å². The highest BCUT2D eigenvalue weighted by Gasteiger charge is 2.32. The zero-order chi connectivity index (χ0) is 101. The standard InChI is InChI=1S/C28H32O4.C25H26O5.C16H24O3.C12H16O3.C10H12O3.C9H10O4.C8H7FO3/c1-17-11-23(13-19(15-29)25(17)31)27(3,4)21-7-9-22(10-8-21)28(5,6)24-12-18(2)26(32)20(14-24)16-30;1-14-4-17(10-19-6-15(2)8-21(12-26)24(19)29)23(28)18(5-14)11-20-7-16(3)9-22(13-27)25(20)30;1-15(2,3)10-16(4,5)13-6-11(8-17)14(19)12(7-13)9-18;1-3-8(2)9-4-10(6-13)12(15)11(5-9)7-14;1-2-7-3-8(5-11)10(13)9(4-7)6-12;10-3-6-1-7(4-11)9(13)8(2-6)5-12;9-7-1-5(3-10)8(12)6(2-7)4-11/h7-15,30-32H,16H2,1-6H3;4-9,12,27-30H,10-11,13H2,1-3H3;6-8,18-19H,9-10H2,1-5H3;4-6,8,14-15H,3,7H2,1-2H3;3-5,12-13H,2,6H2,1H3;1-2,4,10,12-13H,3,5H2;1-3,11-12H,4H2.